The van der Waals surface area contributed by atoms with E-state index in [1.807, 2.05) is 24.5 Å². The van der Waals surface area contributed by atoms with Crippen molar-refractivity contribution in [1.82, 2.24) is 9.13 Å². The van der Waals surface area contributed by atoms with Gasteiger partial charge in [-0.3, -0.25) is 9.59 Å². The summed E-state index contributed by atoms with van der Waals surface area (Å²) in [6.07, 6.45) is 1.46. The van der Waals surface area contributed by atoms with Gasteiger partial charge in [-0.05, 0) is 61.4 Å². The third kappa shape index (κ3) is 1.76. The van der Waals surface area contributed by atoms with Crippen LogP contribution in [0.1, 0.15) is 30.9 Å². The van der Waals surface area contributed by atoms with Crippen molar-refractivity contribution >= 4 is 43.6 Å². The molecule has 2 aliphatic heterocycles. The molecule has 0 atom stereocenters. The van der Waals surface area contributed by atoms with Crippen molar-refractivity contribution in [3.63, 3.8) is 0 Å². The Morgan fingerprint density at radius 1 is 0.793 bits per heavy atom. The molecule has 0 aliphatic carbocycles. The molecule has 0 N–H and O–H groups in total. The molecule has 0 amide bonds. The van der Waals surface area contributed by atoms with Crippen LogP contribution < -0.4 is 21.8 Å². The van der Waals surface area contributed by atoms with E-state index in [9.17, 15) is 9.59 Å². The minimum atomic E-state index is -0.0444. The lowest BCUT2D eigenvalue weighted by Gasteiger charge is -2.18. The van der Waals surface area contributed by atoms with E-state index in [1.54, 1.807) is 4.57 Å². The average Bonchev–Trinajstić information content (AvgIpc) is 3.29. The zero-order chi connectivity index (χ0) is 20.2. The van der Waals surface area contributed by atoms with Gasteiger partial charge in [0.05, 0.1) is 28.0 Å². The van der Waals surface area contributed by atoms with E-state index >= 15 is 0 Å². The Kier molecular flexibility index (Phi) is 2.94. The van der Waals surface area contributed by atoms with E-state index in [0.29, 0.717) is 36.0 Å². The predicted molar refractivity (Wildman–Crippen MR) is 116 cm³/mol. The molecule has 0 unspecified atom stereocenters. The summed E-state index contributed by atoms with van der Waals surface area (Å²) in [6.45, 7) is 14.9. The van der Waals surface area contributed by atoms with Gasteiger partial charge in [-0.2, -0.15) is 0 Å². The molecule has 0 saturated heterocycles. The van der Waals surface area contributed by atoms with Gasteiger partial charge in [-0.1, -0.05) is 0 Å². The van der Waals surface area contributed by atoms with Gasteiger partial charge in [0, 0.05) is 35.7 Å². The summed E-state index contributed by atoms with van der Waals surface area (Å²) in [5, 5.41) is 6.90. The van der Waals surface area contributed by atoms with Gasteiger partial charge in [-0.25, -0.2) is 4.85 Å². The van der Waals surface area contributed by atoms with Crippen LogP contribution in [0, 0.1) is 20.4 Å². The number of aromatic nitrogens is 2. The highest BCUT2D eigenvalue weighted by Crippen LogP contribution is 2.34. The molecule has 0 fully saturated rings. The third-order valence-corrected chi connectivity index (χ3v) is 6.86. The Morgan fingerprint density at radius 2 is 1.31 bits per heavy atom. The first kappa shape index (κ1) is 16.6. The summed E-state index contributed by atoms with van der Waals surface area (Å²) in [4.78, 5) is 30.6. The van der Waals surface area contributed by atoms with Crippen LogP contribution in [0.25, 0.3) is 48.4 Å². The lowest BCUT2D eigenvalue weighted by Crippen LogP contribution is -2.34. The molecular formula is C24H19N3O2. The molecule has 2 aliphatic rings. The molecular weight excluding hydrogens is 362 g/mol. The summed E-state index contributed by atoms with van der Waals surface area (Å²) in [5.74, 6) is 0. The molecule has 6 rings (SSSR count). The third-order valence-electron chi connectivity index (χ3n) is 6.86. The molecule has 4 aromatic rings. The number of hydrogen-bond acceptors (Lipinski definition) is 2. The van der Waals surface area contributed by atoms with Crippen LogP contribution in [0.5, 0.6) is 0 Å². The Bertz CT molecular complexity index is 1730. The molecule has 29 heavy (non-hydrogen) atoms. The van der Waals surface area contributed by atoms with Crippen molar-refractivity contribution in [3.8, 4) is 0 Å². The fourth-order valence-corrected chi connectivity index (χ4v) is 5.63. The van der Waals surface area contributed by atoms with Gasteiger partial charge in [0.15, 0.2) is 5.70 Å². The van der Waals surface area contributed by atoms with Crippen molar-refractivity contribution in [2.45, 2.75) is 46.7 Å². The van der Waals surface area contributed by atoms with E-state index < -0.39 is 0 Å². The summed E-state index contributed by atoms with van der Waals surface area (Å²) in [5.41, 5.74) is 3.69. The minimum absolute atomic E-state index is 0.0314. The maximum absolute atomic E-state index is 13.4. The summed E-state index contributed by atoms with van der Waals surface area (Å²) < 4.78 is 3.66. The second-order valence-corrected chi connectivity index (χ2v) is 8.43. The normalized spacial score (nSPS) is 15.7. The van der Waals surface area contributed by atoms with Crippen molar-refractivity contribution in [2.24, 2.45) is 0 Å². The number of nitrogens with zero attached hydrogens (tertiary/aromatic N) is 3. The Morgan fingerprint density at radius 3 is 1.90 bits per heavy atom. The first-order chi connectivity index (χ1) is 13.9. The molecule has 4 heterocycles. The first-order valence-corrected chi connectivity index (χ1v) is 9.99. The number of benzene rings is 2. The second kappa shape index (κ2) is 5.15. The fraction of sp³-hybridized carbons (Fsp3) is 0.292. The number of hydrogen-bond donors (Lipinski definition) is 0. The molecule has 0 bridgehead atoms. The van der Waals surface area contributed by atoms with Crippen molar-refractivity contribution in [2.75, 3.05) is 0 Å². The van der Waals surface area contributed by atoms with Gasteiger partial charge in [0.2, 0.25) is 0 Å². The van der Waals surface area contributed by atoms with Gasteiger partial charge < -0.3 is 9.13 Å². The summed E-state index contributed by atoms with van der Waals surface area (Å²) in [6, 6.07) is 4.11. The maximum atomic E-state index is 13.4. The topological polar surface area (TPSA) is 48.4 Å². The zero-order valence-electron chi connectivity index (χ0n) is 16.6. The highest BCUT2D eigenvalue weighted by molar-refractivity contribution is 6.24. The molecule has 2 aromatic heterocycles. The van der Waals surface area contributed by atoms with Crippen LogP contribution in [0.4, 0.5) is 0 Å². The molecule has 0 spiro atoms. The van der Waals surface area contributed by atoms with Crippen molar-refractivity contribution in [3.05, 3.63) is 66.1 Å². The standard InChI is InChI=1S/C24H19N3O2/c1-11-5-7-26-21(11)14-9-12(2)18-20-15(10-13(3)17(19(14)20)23(26)28)22-16(25-4)6-8-27(22)24(18)29/h9-10H,5-8H2,1-3H3. The number of pyridine rings is 2. The van der Waals surface area contributed by atoms with E-state index in [1.165, 1.54) is 5.57 Å². The highest BCUT2D eigenvalue weighted by Gasteiger charge is 2.26. The second-order valence-electron chi connectivity index (χ2n) is 8.43. The number of aryl methyl sites for hydroxylation is 2. The van der Waals surface area contributed by atoms with Crippen molar-refractivity contribution < 1.29 is 0 Å². The lowest BCUT2D eigenvalue weighted by molar-refractivity contribution is 0.716. The van der Waals surface area contributed by atoms with Gasteiger partial charge in [-0.15, -0.1) is 0 Å². The largest absolute Gasteiger partial charge is 0.318 e. The quantitative estimate of drug-likeness (QED) is 0.347. The minimum Gasteiger partial charge on any atom is -0.318 e. The smallest absolute Gasteiger partial charge is 0.259 e. The summed E-state index contributed by atoms with van der Waals surface area (Å²) in [7, 11) is 0. The molecule has 0 saturated carbocycles. The number of rotatable bonds is 0. The zero-order valence-corrected chi connectivity index (χ0v) is 16.6. The molecule has 2 aromatic carbocycles. The average molecular weight is 381 g/mol. The van der Waals surface area contributed by atoms with Crippen LogP contribution in [-0.4, -0.2) is 9.13 Å². The van der Waals surface area contributed by atoms with E-state index in [-0.39, 0.29) is 11.1 Å². The Labute approximate surface area is 165 Å². The predicted octanol–water partition coefficient (Wildman–Crippen LogP) is 2.53. The van der Waals surface area contributed by atoms with Crippen LogP contribution in [0.2, 0.25) is 0 Å². The van der Waals surface area contributed by atoms with Crippen LogP contribution in [-0.2, 0) is 13.1 Å². The van der Waals surface area contributed by atoms with E-state index in [4.69, 9.17) is 6.57 Å². The van der Waals surface area contributed by atoms with Gasteiger partial charge in [0.1, 0.15) is 0 Å². The summed E-state index contributed by atoms with van der Waals surface area (Å²) >= 11 is 0. The Balaban J connectivity index is 2.13. The first-order valence-electron chi connectivity index (χ1n) is 9.99. The van der Waals surface area contributed by atoms with Crippen LogP contribution in [0.15, 0.2) is 21.7 Å². The SMILES string of the molecule is [C-]#[N+]C1=c2c3cc(C)c4c(=O)n5c(c6cc(C)c(c(=O)n2CC1)c3c64)=C(C)CC5. The highest BCUT2D eigenvalue weighted by atomic mass is 16.1. The van der Waals surface area contributed by atoms with Crippen LogP contribution in [0.3, 0.4) is 0 Å². The lowest BCUT2D eigenvalue weighted by atomic mass is 9.90. The molecule has 142 valence electrons. The monoisotopic (exact) mass is 381 g/mol. The fourth-order valence-electron chi connectivity index (χ4n) is 5.63. The van der Waals surface area contributed by atoms with Gasteiger partial charge in [0.25, 0.3) is 11.1 Å². The number of fused-ring (bicyclic) bond motifs is 4. The molecule has 5 heteroatoms. The molecule has 5 nitrogen and oxygen atoms in total. The maximum Gasteiger partial charge on any atom is 0.259 e. The molecule has 0 radical (unpaired) electrons. The van der Waals surface area contributed by atoms with E-state index in [2.05, 4.69) is 17.8 Å². The van der Waals surface area contributed by atoms with E-state index in [0.717, 1.165) is 49.8 Å². The van der Waals surface area contributed by atoms with Crippen LogP contribution >= 0.6 is 0 Å². The Hall–Kier alpha value is -3.39. The van der Waals surface area contributed by atoms with Crippen molar-refractivity contribution in [1.29, 1.82) is 0 Å². The van der Waals surface area contributed by atoms with Gasteiger partial charge >= 0.3 is 0 Å².